The first-order chi connectivity index (χ1) is 9.15. The molecule has 0 aliphatic rings. The molecule has 0 saturated heterocycles. The molecule has 2 rings (SSSR count). The molecule has 0 aliphatic carbocycles. The van der Waals surface area contributed by atoms with E-state index in [-0.39, 0.29) is 5.91 Å². The number of hydrogen-bond acceptors (Lipinski definition) is 2. The maximum Gasteiger partial charge on any atom is 0.224 e. The number of nitrogens with zero attached hydrogens (tertiary/aromatic N) is 1. The predicted octanol–water partition coefficient (Wildman–Crippen LogP) is 3.27. The molecule has 0 bridgehead atoms. The van der Waals surface area contributed by atoms with Crippen molar-refractivity contribution in [1.82, 2.24) is 4.98 Å². The van der Waals surface area contributed by atoms with E-state index in [1.165, 1.54) is 11.1 Å². The second-order valence-electron chi connectivity index (χ2n) is 4.71. The van der Waals surface area contributed by atoms with E-state index in [1.807, 2.05) is 37.3 Å². The third-order valence-electron chi connectivity index (χ3n) is 3.15. The minimum Gasteiger partial charge on any atom is -0.326 e. The van der Waals surface area contributed by atoms with Crippen LogP contribution >= 0.6 is 0 Å². The van der Waals surface area contributed by atoms with Gasteiger partial charge in [-0.05, 0) is 55.2 Å². The highest BCUT2D eigenvalue weighted by atomic mass is 16.1. The van der Waals surface area contributed by atoms with Crippen LogP contribution in [0.5, 0.6) is 0 Å². The highest BCUT2D eigenvalue weighted by Crippen LogP contribution is 2.14. The van der Waals surface area contributed by atoms with Gasteiger partial charge in [-0.15, -0.1) is 0 Å². The molecule has 1 N–H and O–H groups in total. The summed E-state index contributed by atoms with van der Waals surface area (Å²) >= 11 is 0. The number of aryl methyl sites for hydroxylation is 3. The first-order valence-corrected chi connectivity index (χ1v) is 6.41. The summed E-state index contributed by atoms with van der Waals surface area (Å²) in [6.07, 6.45) is 4.71. The van der Waals surface area contributed by atoms with Crippen LogP contribution in [-0.4, -0.2) is 10.9 Å². The Balaban J connectivity index is 1.89. The van der Waals surface area contributed by atoms with Crippen LogP contribution in [-0.2, 0) is 11.2 Å². The number of rotatable bonds is 4. The smallest absolute Gasteiger partial charge is 0.224 e. The van der Waals surface area contributed by atoms with E-state index in [9.17, 15) is 4.79 Å². The summed E-state index contributed by atoms with van der Waals surface area (Å²) in [4.78, 5) is 15.9. The van der Waals surface area contributed by atoms with Crippen LogP contribution in [0.1, 0.15) is 23.1 Å². The quantitative estimate of drug-likeness (QED) is 0.909. The average Bonchev–Trinajstić information content (AvgIpc) is 2.42. The van der Waals surface area contributed by atoms with Crippen LogP contribution in [0.15, 0.2) is 42.7 Å². The van der Waals surface area contributed by atoms with Gasteiger partial charge in [0, 0.05) is 24.5 Å². The van der Waals surface area contributed by atoms with Crippen molar-refractivity contribution in [2.24, 2.45) is 0 Å². The standard InChI is InChI=1S/C16H18N2O/c1-12-5-7-15(10-13(12)2)18-16(19)8-6-14-4-3-9-17-11-14/h3-5,7,9-11H,6,8H2,1-2H3,(H,18,19). The van der Waals surface area contributed by atoms with Gasteiger partial charge in [-0.2, -0.15) is 0 Å². The first-order valence-electron chi connectivity index (χ1n) is 6.41. The topological polar surface area (TPSA) is 42.0 Å². The van der Waals surface area contributed by atoms with Gasteiger partial charge in [0.15, 0.2) is 0 Å². The van der Waals surface area contributed by atoms with Crippen molar-refractivity contribution in [1.29, 1.82) is 0 Å². The van der Waals surface area contributed by atoms with Crippen molar-refractivity contribution in [3.8, 4) is 0 Å². The van der Waals surface area contributed by atoms with Crippen LogP contribution in [0, 0.1) is 13.8 Å². The molecule has 1 heterocycles. The van der Waals surface area contributed by atoms with Crippen molar-refractivity contribution < 1.29 is 4.79 Å². The maximum absolute atomic E-state index is 11.9. The van der Waals surface area contributed by atoms with E-state index >= 15 is 0 Å². The molecule has 1 amide bonds. The van der Waals surface area contributed by atoms with Gasteiger partial charge >= 0.3 is 0 Å². The number of amides is 1. The molecule has 3 heteroatoms. The van der Waals surface area contributed by atoms with Crippen LogP contribution < -0.4 is 5.32 Å². The van der Waals surface area contributed by atoms with E-state index in [4.69, 9.17) is 0 Å². The van der Waals surface area contributed by atoms with E-state index in [1.54, 1.807) is 12.4 Å². The van der Waals surface area contributed by atoms with Gasteiger partial charge in [-0.25, -0.2) is 0 Å². The van der Waals surface area contributed by atoms with Gasteiger partial charge in [0.2, 0.25) is 5.91 Å². The second kappa shape index (κ2) is 6.14. The van der Waals surface area contributed by atoms with Crippen LogP contribution in [0.3, 0.4) is 0 Å². The Morgan fingerprint density at radius 2 is 2.05 bits per heavy atom. The summed E-state index contributed by atoms with van der Waals surface area (Å²) in [5, 5.41) is 2.92. The summed E-state index contributed by atoms with van der Waals surface area (Å²) < 4.78 is 0. The van der Waals surface area contributed by atoms with Gasteiger partial charge in [0.1, 0.15) is 0 Å². The molecule has 0 saturated carbocycles. The van der Waals surface area contributed by atoms with Gasteiger partial charge < -0.3 is 5.32 Å². The fourth-order valence-electron chi connectivity index (χ4n) is 1.85. The van der Waals surface area contributed by atoms with Gasteiger partial charge in [-0.3, -0.25) is 9.78 Å². The molecular weight excluding hydrogens is 236 g/mol. The van der Waals surface area contributed by atoms with E-state index in [0.29, 0.717) is 12.8 Å². The zero-order chi connectivity index (χ0) is 13.7. The molecule has 0 atom stereocenters. The number of benzene rings is 1. The van der Waals surface area contributed by atoms with Gasteiger partial charge in [0.05, 0.1) is 0 Å². The van der Waals surface area contributed by atoms with Crippen molar-refractivity contribution >= 4 is 11.6 Å². The molecule has 0 fully saturated rings. The Hall–Kier alpha value is -2.16. The normalized spacial score (nSPS) is 10.2. The molecule has 98 valence electrons. The van der Waals surface area contributed by atoms with Crippen molar-refractivity contribution in [3.63, 3.8) is 0 Å². The van der Waals surface area contributed by atoms with Crippen LogP contribution in [0.2, 0.25) is 0 Å². The highest BCUT2D eigenvalue weighted by molar-refractivity contribution is 5.90. The molecule has 3 nitrogen and oxygen atoms in total. The van der Waals surface area contributed by atoms with E-state index in [0.717, 1.165) is 11.3 Å². The molecule has 19 heavy (non-hydrogen) atoms. The summed E-state index contributed by atoms with van der Waals surface area (Å²) in [5.41, 5.74) is 4.36. The monoisotopic (exact) mass is 254 g/mol. The number of hydrogen-bond donors (Lipinski definition) is 1. The molecule has 2 aromatic rings. The fraction of sp³-hybridized carbons (Fsp3) is 0.250. The minimum atomic E-state index is 0.0344. The lowest BCUT2D eigenvalue weighted by Gasteiger charge is -2.07. The zero-order valence-corrected chi connectivity index (χ0v) is 11.3. The first kappa shape index (κ1) is 13.3. The predicted molar refractivity (Wildman–Crippen MR) is 77.1 cm³/mol. The molecule has 0 aliphatic heterocycles. The maximum atomic E-state index is 11.9. The fourth-order valence-corrected chi connectivity index (χ4v) is 1.85. The molecule has 0 unspecified atom stereocenters. The molecule has 1 aromatic heterocycles. The van der Waals surface area contributed by atoms with E-state index in [2.05, 4.69) is 17.2 Å². The summed E-state index contributed by atoms with van der Waals surface area (Å²) in [7, 11) is 0. The van der Waals surface area contributed by atoms with Crippen molar-refractivity contribution in [2.45, 2.75) is 26.7 Å². The van der Waals surface area contributed by atoms with Crippen molar-refractivity contribution in [3.05, 3.63) is 59.4 Å². The Bertz CT molecular complexity index is 564. The zero-order valence-electron chi connectivity index (χ0n) is 11.3. The molecule has 0 spiro atoms. The van der Waals surface area contributed by atoms with Crippen LogP contribution in [0.25, 0.3) is 0 Å². The number of aromatic nitrogens is 1. The lowest BCUT2D eigenvalue weighted by atomic mass is 10.1. The minimum absolute atomic E-state index is 0.0344. The Labute approximate surface area is 113 Å². The lowest BCUT2D eigenvalue weighted by molar-refractivity contribution is -0.116. The molecular formula is C16H18N2O. The largest absolute Gasteiger partial charge is 0.326 e. The Morgan fingerprint density at radius 1 is 1.21 bits per heavy atom. The van der Waals surface area contributed by atoms with Crippen molar-refractivity contribution in [2.75, 3.05) is 5.32 Å². The van der Waals surface area contributed by atoms with E-state index < -0.39 is 0 Å². The van der Waals surface area contributed by atoms with Crippen LogP contribution in [0.4, 0.5) is 5.69 Å². The third kappa shape index (κ3) is 3.91. The summed E-state index contributed by atoms with van der Waals surface area (Å²) in [6.45, 7) is 4.10. The average molecular weight is 254 g/mol. The Morgan fingerprint density at radius 3 is 2.74 bits per heavy atom. The number of pyridine rings is 1. The summed E-state index contributed by atoms with van der Waals surface area (Å²) in [5.74, 6) is 0.0344. The number of nitrogens with one attached hydrogen (secondary N) is 1. The van der Waals surface area contributed by atoms with Gasteiger partial charge in [-0.1, -0.05) is 12.1 Å². The second-order valence-corrected chi connectivity index (χ2v) is 4.71. The molecule has 1 aromatic carbocycles. The van der Waals surface area contributed by atoms with Gasteiger partial charge in [0.25, 0.3) is 0 Å². The number of carbonyl (C=O) groups excluding carboxylic acids is 1. The third-order valence-corrected chi connectivity index (χ3v) is 3.15. The SMILES string of the molecule is Cc1ccc(NC(=O)CCc2cccnc2)cc1C. The molecule has 0 radical (unpaired) electrons. The highest BCUT2D eigenvalue weighted by Gasteiger charge is 2.04. The number of anilines is 1. The Kier molecular flexibility index (Phi) is 4.29. The number of carbonyl (C=O) groups is 1. The summed E-state index contributed by atoms with van der Waals surface area (Å²) in [6, 6.07) is 9.82. The lowest BCUT2D eigenvalue weighted by Crippen LogP contribution is -2.12.